The summed E-state index contributed by atoms with van der Waals surface area (Å²) in [6.45, 7) is 12.9. The van der Waals surface area contributed by atoms with E-state index in [1.165, 1.54) is 12.8 Å². The predicted molar refractivity (Wildman–Crippen MR) is 79.5 cm³/mol. The molecule has 0 aromatic carbocycles. The highest BCUT2D eigenvalue weighted by Gasteiger charge is 2.23. The van der Waals surface area contributed by atoms with Gasteiger partial charge in [0, 0.05) is 10.5 Å². The first-order valence-electron chi connectivity index (χ1n) is 6.17. The fourth-order valence-electron chi connectivity index (χ4n) is 1.23. The van der Waals surface area contributed by atoms with Gasteiger partial charge in [0.05, 0.1) is 5.41 Å². The maximum Gasteiger partial charge on any atom is 0.311 e. The van der Waals surface area contributed by atoms with Crippen LogP contribution in [0.2, 0.25) is 0 Å². The summed E-state index contributed by atoms with van der Waals surface area (Å²) in [5.41, 5.74) is -0.390. The molecule has 0 rings (SSSR count). The fraction of sp³-hybridized carbons (Fsp3) is 0.923. The maximum absolute atomic E-state index is 11.5. The molecule has 0 unspecified atom stereocenters. The summed E-state index contributed by atoms with van der Waals surface area (Å²) in [5.74, 6) is 0.746. The van der Waals surface area contributed by atoms with Crippen LogP contribution in [0.4, 0.5) is 0 Å². The smallest absolute Gasteiger partial charge is 0.311 e. The Labute approximate surface area is 114 Å². The van der Waals surface area contributed by atoms with Gasteiger partial charge in [0.2, 0.25) is 0 Å². The predicted octanol–water partition coefficient (Wildman–Crippen LogP) is 4.54. The number of carbonyl (C=O) groups is 1. The first-order valence-corrected chi connectivity index (χ1v) is 8.49. The van der Waals surface area contributed by atoms with Crippen molar-refractivity contribution in [2.45, 2.75) is 59.1 Å². The third kappa shape index (κ3) is 8.83. The maximum atomic E-state index is 11.5. The van der Waals surface area contributed by atoms with Crippen LogP contribution in [0.1, 0.15) is 54.4 Å². The average molecular weight is 278 g/mol. The molecule has 0 aliphatic carbocycles. The minimum Gasteiger partial charge on any atom is -0.464 e. The lowest BCUT2D eigenvalue weighted by molar-refractivity contribution is -0.152. The van der Waals surface area contributed by atoms with Crippen molar-refractivity contribution in [3.05, 3.63) is 0 Å². The Kier molecular flexibility index (Phi) is 7.65. The summed E-state index contributed by atoms with van der Waals surface area (Å²) in [6, 6.07) is 0. The Morgan fingerprint density at radius 3 is 2.24 bits per heavy atom. The fourth-order valence-corrected chi connectivity index (χ4v) is 3.73. The van der Waals surface area contributed by atoms with Crippen LogP contribution in [-0.4, -0.2) is 23.1 Å². The molecule has 0 fully saturated rings. The molecular weight excluding hydrogens is 252 g/mol. The first-order chi connectivity index (χ1) is 7.69. The van der Waals surface area contributed by atoms with E-state index < -0.39 is 0 Å². The number of hydrogen-bond acceptors (Lipinski definition) is 4. The van der Waals surface area contributed by atoms with Gasteiger partial charge in [-0.3, -0.25) is 4.79 Å². The van der Waals surface area contributed by atoms with E-state index in [1.807, 2.05) is 31.6 Å². The monoisotopic (exact) mass is 278 g/mol. The van der Waals surface area contributed by atoms with Crippen molar-refractivity contribution in [1.82, 2.24) is 0 Å². The van der Waals surface area contributed by atoms with Crippen molar-refractivity contribution < 1.29 is 9.53 Å². The van der Waals surface area contributed by atoms with E-state index in [0.717, 1.165) is 5.75 Å². The molecule has 102 valence electrons. The van der Waals surface area contributed by atoms with Crippen molar-refractivity contribution in [2.24, 2.45) is 5.41 Å². The van der Waals surface area contributed by atoms with Crippen molar-refractivity contribution in [1.29, 1.82) is 0 Å². The van der Waals surface area contributed by atoms with Crippen LogP contribution in [-0.2, 0) is 9.53 Å². The Bertz CT molecular complexity index is 232. The Morgan fingerprint density at radius 2 is 1.76 bits per heavy atom. The lowest BCUT2D eigenvalue weighted by Crippen LogP contribution is -2.23. The van der Waals surface area contributed by atoms with E-state index in [9.17, 15) is 4.79 Å². The molecule has 0 aromatic rings. The van der Waals surface area contributed by atoms with Gasteiger partial charge in [0.15, 0.2) is 0 Å². The highest BCUT2D eigenvalue weighted by atomic mass is 33.1. The van der Waals surface area contributed by atoms with Gasteiger partial charge in [0.25, 0.3) is 0 Å². The van der Waals surface area contributed by atoms with Gasteiger partial charge in [-0.05, 0) is 41.0 Å². The van der Waals surface area contributed by atoms with Crippen LogP contribution in [0, 0.1) is 5.41 Å². The molecule has 0 heterocycles. The van der Waals surface area contributed by atoms with E-state index in [4.69, 9.17) is 4.74 Å². The number of rotatable bonds is 7. The van der Waals surface area contributed by atoms with Crippen LogP contribution in [0.5, 0.6) is 0 Å². The molecular formula is C13H26O2S2. The molecule has 0 amide bonds. The molecule has 4 heteroatoms. The number of hydrogen-bond donors (Lipinski definition) is 0. The third-order valence-corrected chi connectivity index (χ3v) is 5.46. The largest absolute Gasteiger partial charge is 0.464 e. The van der Waals surface area contributed by atoms with E-state index >= 15 is 0 Å². The van der Waals surface area contributed by atoms with Gasteiger partial charge < -0.3 is 4.74 Å². The second-order valence-corrected chi connectivity index (χ2v) is 8.92. The van der Waals surface area contributed by atoms with Gasteiger partial charge in [-0.2, -0.15) is 0 Å². The Morgan fingerprint density at radius 1 is 1.18 bits per heavy atom. The summed E-state index contributed by atoms with van der Waals surface area (Å²) >= 11 is 0. The minimum absolute atomic E-state index is 0.115. The van der Waals surface area contributed by atoms with E-state index in [-0.39, 0.29) is 11.4 Å². The van der Waals surface area contributed by atoms with Gasteiger partial charge in [0.1, 0.15) is 6.61 Å². The standard InChI is InChI=1S/C13H26O2S2/c1-7-8-13(5,6)17-16-10-9-15-11(14)12(2,3)4/h7-10H2,1-6H3. The molecule has 0 bridgehead atoms. The van der Waals surface area contributed by atoms with Gasteiger partial charge >= 0.3 is 5.97 Å². The van der Waals surface area contributed by atoms with E-state index in [1.54, 1.807) is 10.8 Å². The minimum atomic E-state index is -0.390. The van der Waals surface area contributed by atoms with Crippen LogP contribution >= 0.6 is 21.6 Å². The highest BCUT2D eigenvalue weighted by molar-refractivity contribution is 8.77. The lowest BCUT2D eigenvalue weighted by atomic mass is 9.97. The van der Waals surface area contributed by atoms with Gasteiger partial charge in [-0.1, -0.05) is 34.9 Å². The van der Waals surface area contributed by atoms with Crippen molar-refractivity contribution in [3.63, 3.8) is 0 Å². The number of esters is 1. The quantitative estimate of drug-likeness (QED) is 0.388. The van der Waals surface area contributed by atoms with Crippen LogP contribution < -0.4 is 0 Å². The van der Waals surface area contributed by atoms with Crippen LogP contribution in [0.3, 0.4) is 0 Å². The normalized spacial score (nSPS) is 12.6. The molecule has 0 saturated heterocycles. The molecule has 0 N–H and O–H groups in total. The first kappa shape index (κ1) is 17.2. The zero-order chi connectivity index (χ0) is 13.5. The number of carbonyl (C=O) groups excluding carboxylic acids is 1. The average Bonchev–Trinajstić information content (AvgIpc) is 2.15. The molecule has 0 aliphatic rings. The summed E-state index contributed by atoms with van der Waals surface area (Å²) in [6.07, 6.45) is 2.42. The zero-order valence-electron chi connectivity index (χ0n) is 12.0. The second kappa shape index (κ2) is 7.57. The molecule has 0 saturated carbocycles. The topological polar surface area (TPSA) is 26.3 Å². The molecule has 0 atom stereocenters. The third-order valence-electron chi connectivity index (χ3n) is 2.15. The zero-order valence-corrected chi connectivity index (χ0v) is 13.6. The molecule has 2 nitrogen and oxygen atoms in total. The Hall–Kier alpha value is 0.170. The molecule has 0 radical (unpaired) electrons. The SMILES string of the molecule is CCCC(C)(C)SSCCOC(=O)C(C)(C)C. The van der Waals surface area contributed by atoms with E-state index in [2.05, 4.69) is 20.8 Å². The van der Waals surface area contributed by atoms with Gasteiger partial charge in [-0.25, -0.2) is 0 Å². The molecule has 0 aliphatic heterocycles. The van der Waals surface area contributed by atoms with Crippen molar-refractivity contribution >= 4 is 27.6 Å². The second-order valence-electron chi connectivity index (χ2n) is 5.80. The van der Waals surface area contributed by atoms with Crippen LogP contribution in [0.15, 0.2) is 0 Å². The molecule has 0 spiro atoms. The molecule has 0 aromatic heterocycles. The van der Waals surface area contributed by atoms with Gasteiger partial charge in [-0.15, -0.1) is 0 Å². The van der Waals surface area contributed by atoms with Crippen LogP contribution in [0.25, 0.3) is 0 Å². The number of ether oxygens (including phenoxy) is 1. The summed E-state index contributed by atoms with van der Waals surface area (Å²) in [5, 5.41) is 0. The van der Waals surface area contributed by atoms with E-state index in [0.29, 0.717) is 11.4 Å². The molecule has 17 heavy (non-hydrogen) atoms. The Balaban J connectivity index is 3.63. The van der Waals surface area contributed by atoms with Crippen molar-refractivity contribution in [2.75, 3.05) is 12.4 Å². The summed E-state index contributed by atoms with van der Waals surface area (Å²) in [4.78, 5) is 11.5. The van der Waals surface area contributed by atoms with Crippen molar-refractivity contribution in [3.8, 4) is 0 Å². The summed E-state index contributed by atoms with van der Waals surface area (Å²) < 4.78 is 5.52. The summed E-state index contributed by atoms with van der Waals surface area (Å²) in [7, 11) is 3.68. The highest BCUT2D eigenvalue weighted by Crippen LogP contribution is 2.38. The lowest BCUT2D eigenvalue weighted by Gasteiger charge is -2.22.